The number of anilines is 1. The third kappa shape index (κ3) is 3.84. The summed E-state index contributed by atoms with van der Waals surface area (Å²) in [5, 5.41) is 3.62. The maximum atomic E-state index is 5.50. The van der Waals surface area contributed by atoms with Gasteiger partial charge < -0.3 is 10.1 Å². The molecule has 0 aromatic carbocycles. The summed E-state index contributed by atoms with van der Waals surface area (Å²) >= 11 is 0. The minimum atomic E-state index is 0.521. The largest absolute Gasteiger partial charge is 0.478 e. The molecule has 1 aromatic heterocycles. The maximum absolute atomic E-state index is 5.50. The molecule has 1 aliphatic rings. The maximum Gasteiger partial charge on any atom is 0.218 e. The summed E-state index contributed by atoms with van der Waals surface area (Å²) < 4.78 is 5.50. The molecular formula is C16H27N3O. The fourth-order valence-electron chi connectivity index (χ4n) is 3.16. The summed E-state index contributed by atoms with van der Waals surface area (Å²) in [5.41, 5.74) is 0. The van der Waals surface area contributed by atoms with E-state index in [0.29, 0.717) is 24.4 Å². The van der Waals surface area contributed by atoms with Crippen LogP contribution in [0.25, 0.3) is 0 Å². The summed E-state index contributed by atoms with van der Waals surface area (Å²) in [7, 11) is 0. The van der Waals surface area contributed by atoms with Gasteiger partial charge in [-0.3, -0.25) is 0 Å². The number of hydrogen-bond acceptors (Lipinski definition) is 4. The van der Waals surface area contributed by atoms with E-state index in [-0.39, 0.29) is 0 Å². The van der Waals surface area contributed by atoms with Gasteiger partial charge in [0.05, 0.1) is 6.61 Å². The van der Waals surface area contributed by atoms with Gasteiger partial charge in [-0.15, -0.1) is 0 Å². The summed E-state index contributed by atoms with van der Waals surface area (Å²) in [6.07, 6.45) is 5.21. The molecule has 0 bridgehead atoms. The highest BCUT2D eigenvalue weighted by Crippen LogP contribution is 2.32. The first-order valence-corrected chi connectivity index (χ1v) is 7.85. The van der Waals surface area contributed by atoms with Gasteiger partial charge in [-0.2, -0.15) is 4.98 Å². The monoisotopic (exact) mass is 277 g/mol. The minimum Gasteiger partial charge on any atom is -0.478 e. The predicted molar refractivity (Wildman–Crippen MR) is 82.1 cm³/mol. The lowest BCUT2D eigenvalue weighted by Gasteiger charge is -2.35. The van der Waals surface area contributed by atoms with E-state index in [0.717, 1.165) is 17.6 Å². The second-order valence-electron chi connectivity index (χ2n) is 6.01. The molecule has 1 aromatic rings. The van der Waals surface area contributed by atoms with Crippen molar-refractivity contribution in [3.05, 3.63) is 11.9 Å². The van der Waals surface area contributed by atoms with Crippen LogP contribution in [0.3, 0.4) is 0 Å². The van der Waals surface area contributed by atoms with E-state index in [1.165, 1.54) is 25.7 Å². The van der Waals surface area contributed by atoms with Crippen LogP contribution in [-0.2, 0) is 0 Å². The molecule has 0 aliphatic heterocycles. The van der Waals surface area contributed by atoms with E-state index in [4.69, 9.17) is 4.74 Å². The third-order valence-corrected chi connectivity index (χ3v) is 4.12. The van der Waals surface area contributed by atoms with Crippen LogP contribution in [0, 0.1) is 18.8 Å². The molecule has 2 unspecified atom stereocenters. The van der Waals surface area contributed by atoms with Crippen molar-refractivity contribution in [2.45, 2.75) is 59.4 Å². The Morgan fingerprint density at radius 3 is 2.75 bits per heavy atom. The van der Waals surface area contributed by atoms with E-state index in [1.807, 2.05) is 19.9 Å². The van der Waals surface area contributed by atoms with Crippen LogP contribution < -0.4 is 10.1 Å². The van der Waals surface area contributed by atoms with Crippen LogP contribution in [0.2, 0.25) is 0 Å². The van der Waals surface area contributed by atoms with Gasteiger partial charge in [-0.25, -0.2) is 4.98 Å². The van der Waals surface area contributed by atoms with E-state index < -0.39 is 0 Å². The number of aryl methyl sites for hydroxylation is 1. The highest BCUT2D eigenvalue weighted by Gasteiger charge is 2.27. The van der Waals surface area contributed by atoms with Gasteiger partial charge in [0.2, 0.25) is 5.88 Å². The zero-order valence-electron chi connectivity index (χ0n) is 13.1. The molecule has 4 nitrogen and oxygen atoms in total. The molecule has 2 rings (SSSR count). The lowest BCUT2D eigenvalue weighted by molar-refractivity contribution is 0.253. The molecule has 4 heteroatoms. The number of ether oxygens (including phenoxy) is 1. The molecule has 0 spiro atoms. The molecule has 1 aliphatic carbocycles. The van der Waals surface area contributed by atoms with Crippen molar-refractivity contribution in [3.63, 3.8) is 0 Å². The topological polar surface area (TPSA) is 47.0 Å². The van der Waals surface area contributed by atoms with Crippen molar-refractivity contribution in [1.82, 2.24) is 9.97 Å². The Hall–Kier alpha value is -1.32. The third-order valence-electron chi connectivity index (χ3n) is 4.12. The molecule has 2 atom stereocenters. The van der Waals surface area contributed by atoms with Crippen LogP contribution in [0.5, 0.6) is 5.88 Å². The van der Waals surface area contributed by atoms with Gasteiger partial charge >= 0.3 is 0 Å². The van der Waals surface area contributed by atoms with E-state index >= 15 is 0 Å². The first kappa shape index (κ1) is 15.1. The molecule has 0 amide bonds. The van der Waals surface area contributed by atoms with Gasteiger partial charge in [-0.05, 0) is 38.5 Å². The highest BCUT2D eigenvalue weighted by atomic mass is 16.5. The number of nitrogens with zero attached hydrogens (tertiary/aromatic N) is 2. The van der Waals surface area contributed by atoms with Crippen LogP contribution in [0.1, 0.15) is 52.3 Å². The van der Waals surface area contributed by atoms with Crippen molar-refractivity contribution in [2.24, 2.45) is 11.8 Å². The molecule has 1 fully saturated rings. The van der Waals surface area contributed by atoms with E-state index in [2.05, 4.69) is 29.1 Å². The molecule has 1 N–H and O–H groups in total. The lowest BCUT2D eigenvalue weighted by atomic mass is 9.78. The molecule has 20 heavy (non-hydrogen) atoms. The van der Waals surface area contributed by atoms with Crippen molar-refractivity contribution >= 4 is 5.82 Å². The molecule has 112 valence electrons. The first-order valence-electron chi connectivity index (χ1n) is 7.85. The first-order chi connectivity index (χ1) is 9.60. The number of rotatable bonds is 5. The number of nitrogens with one attached hydrogen (secondary N) is 1. The summed E-state index contributed by atoms with van der Waals surface area (Å²) in [6.45, 7) is 9.16. The SMILES string of the molecule is CCOc1cc(NC2CCCCC2C(C)C)nc(C)n1. The fourth-order valence-corrected chi connectivity index (χ4v) is 3.16. The van der Waals surface area contributed by atoms with E-state index in [9.17, 15) is 0 Å². The Morgan fingerprint density at radius 2 is 2.05 bits per heavy atom. The summed E-state index contributed by atoms with van der Waals surface area (Å²) in [5.74, 6) is 3.77. The van der Waals surface area contributed by atoms with Gasteiger partial charge in [0, 0.05) is 12.1 Å². The second-order valence-corrected chi connectivity index (χ2v) is 6.01. The van der Waals surface area contributed by atoms with Gasteiger partial charge in [0.15, 0.2) is 0 Å². The van der Waals surface area contributed by atoms with Gasteiger partial charge in [0.1, 0.15) is 11.6 Å². The summed E-state index contributed by atoms with van der Waals surface area (Å²) in [6, 6.07) is 2.44. The average Bonchev–Trinajstić information content (AvgIpc) is 2.38. The fraction of sp³-hybridized carbons (Fsp3) is 0.750. The van der Waals surface area contributed by atoms with Crippen molar-refractivity contribution in [1.29, 1.82) is 0 Å². The van der Waals surface area contributed by atoms with Crippen LogP contribution in [0.15, 0.2) is 6.07 Å². The Bertz CT molecular complexity index is 434. The molecular weight excluding hydrogens is 250 g/mol. The Balaban J connectivity index is 2.11. The van der Waals surface area contributed by atoms with Crippen molar-refractivity contribution in [2.75, 3.05) is 11.9 Å². The summed E-state index contributed by atoms with van der Waals surface area (Å²) in [4.78, 5) is 8.80. The van der Waals surface area contributed by atoms with Gasteiger partial charge in [0.25, 0.3) is 0 Å². The Kier molecular flexibility index (Phi) is 5.21. The van der Waals surface area contributed by atoms with E-state index in [1.54, 1.807) is 0 Å². The second kappa shape index (κ2) is 6.91. The lowest BCUT2D eigenvalue weighted by Crippen LogP contribution is -2.35. The minimum absolute atomic E-state index is 0.521. The highest BCUT2D eigenvalue weighted by molar-refractivity contribution is 5.39. The van der Waals surface area contributed by atoms with Gasteiger partial charge in [-0.1, -0.05) is 26.7 Å². The number of aromatic nitrogens is 2. The van der Waals surface area contributed by atoms with Crippen molar-refractivity contribution < 1.29 is 4.74 Å². The van der Waals surface area contributed by atoms with Crippen LogP contribution in [0.4, 0.5) is 5.82 Å². The van der Waals surface area contributed by atoms with Crippen LogP contribution in [-0.4, -0.2) is 22.6 Å². The predicted octanol–water partition coefficient (Wildman–Crippen LogP) is 3.81. The quantitative estimate of drug-likeness (QED) is 0.889. The molecule has 0 saturated heterocycles. The van der Waals surface area contributed by atoms with Crippen LogP contribution >= 0.6 is 0 Å². The Morgan fingerprint density at radius 1 is 1.30 bits per heavy atom. The zero-order valence-corrected chi connectivity index (χ0v) is 13.1. The standard InChI is InChI=1S/C16H27N3O/c1-5-20-16-10-15(17-12(4)18-16)19-14-9-7-6-8-13(14)11(2)3/h10-11,13-14H,5-9H2,1-4H3,(H,17,18,19). The molecule has 1 heterocycles. The molecule has 0 radical (unpaired) electrons. The Labute approximate surface area is 122 Å². The zero-order chi connectivity index (χ0) is 14.5. The average molecular weight is 277 g/mol. The molecule has 1 saturated carbocycles. The van der Waals surface area contributed by atoms with Crippen molar-refractivity contribution in [3.8, 4) is 5.88 Å². The smallest absolute Gasteiger partial charge is 0.218 e. The normalized spacial score (nSPS) is 22.9. The number of hydrogen-bond donors (Lipinski definition) is 1.